The van der Waals surface area contributed by atoms with Crippen LogP contribution >= 0.6 is 0 Å². The van der Waals surface area contributed by atoms with E-state index in [-0.39, 0.29) is 0 Å². The molecule has 0 bridgehead atoms. The van der Waals surface area contributed by atoms with E-state index < -0.39 is 0 Å². The summed E-state index contributed by atoms with van der Waals surface area (Å²) in [6.07, 6.45) is 25.4. The lowest BCUT2D eigenvalue weighted by atomic mass is 9.95. The Morgan fingerprint density at radius 3 is 2.64 bits per heavy atom. The van der Waals surface area contributed by atoms with E-state index in [0.29, 0.717) is 18.7 Å². The summed E-state index contributed by atoms with van der Waals surface area (Å²) in [5, 5.41) is 12.6. The first-order valence-corrected chi connectivity index (χ1v) is 9.22. The van der Waals surface area contributed by atoms with Gasteiger partial charge in [0.1, 0.15) is 0 Å². The Hall–Kier alpha value is -0.860. The summed E-state index contributed by atoms with van der Waals surface area (Å²) < 4.78 is 0. The second-order valence-corrected chi connectivity index (χ2v) is 6.27. The highest BCUT2D eigenvalue weighted by Gasteiger charge is 2.18. The van der Waals surface area contributed by atoms with Crippen molar-refractivity contribution in [1.29, 1.82) is 0 Å². The molecule has 1 rings (SSSR count). The highest BCUT2D eigenvalue weighted by atomic mass is 16.2. The van der Waals surface area contributed by atoms with Crippen LogP contribution in [0.3, 0.4) is 0 Å². The predicted octanol–water partition coefficient (Wildman–Crippen LogP) is 4.91. The molecular formula is C20H35NO. The van der Waals surface area contributed by atoms with Gasteiger partial charge in [-0.1, -0.05) is 56.2 Å². The Morgan fingerprint density at radius 1 is 1.00 bits per heavy atom. The van der Waals surface area contributed by atoms with E-state index in [0.717, 1.165) is 25.7 Å². The molecule has 0 radical (unpaired) electrons. The molecule has 2 atom stereocenters. The molecule has 0 saturated carbocycles. The first-order chi connectivity index (χ1) is 10.9. The zero-order valence-corrected chi connectivity index (χ0v) is 14.3. The summed E-state index contributed by atoms with van der Waals surface area (Å²) in [4.78, 5) is 0. The summed E-state index contributed by atoms with van der Waals surface area (Å²) in [6.45, 7) is 2.54. The highest BCUT2D eigenvalue weighted by molar-refractivity contribution is 5.07. The summed E-state index contributed by atoms with van der Waals surface area (Å²) in [5.74, 6) is 0. The van der Waals surface area contributed by atoms with Gasteiger partial charge in [0, 0.05) is 18.7 Å². The van der Waals surface area contributed by atoms with Crippen molar-refractivity contribution in [2.45, 2.75) is 83.2 Å². The molecule has 1 aliphatic rings. The van der Waals surface area contributed by atoms with Gasteiger partial charge < -0.3 is 10.4 Å². The average Bonchev–Trinajstić information content (AvgIpc) is 2.54. The van der Waals surface area contributed by atoms with E-state index in [1.807, 2.05) is 0 Å². The predicted molar refractivity (Wildman–Crippen MR) is 97.1 cm³/mol. The summed E-state index contributed by atoms with van der Waals surface area (Å²) in [6, 6.07) is 1.17. The second kappa shape index (κ2) is 13.8. The standard InChI is InChI=1S/C20H35NO/c1-2-3-4-5-6-7-8-9-10-14-19-16-13-17-20(21-19)15-11-12-18-22/h4-5,8-10,14,19-22H,2-3,6-7,11-13,15-18H2,1H3/b5-4+,9-8+,14-10+. The van der Waals surface area contributed by atoms with E-state index in [9.17, 15) is 0 Å². The van der Waals surface area contributed by atoms with Gasteiger partial charge >= 0.3 is 0 Å². The van der Waals surface area contributed by atoms with E-state index in [1.54, 1.807) is 0 Å². The van der Waals surface area contributed by atoms with Gasteiger partial charge in [0.05, 0.1) is 0 Å². The fourth-order valence-electron chi connectivity index (χ4n) is 2.90. The maximum atomic E-state index is 8.85. The fraction of sp³-hybridized carbons (Fsp3) is 0.700. The topological polar surface area (TPSA) is 32.3 Å². The SMILES string of the molecule is CCC/C=C/CC/C=C/C=C/C1CCCC(CCCCO)N1. The van der Waals surface area contributed by atoms with Crippen molar-refractivity contribution in [3.63, 3.8) is 0 Å². The maximum absolute atomic E-state index is 8.85. The third-order valence-corrected chi connectivity index (χ3v) is 4.19. The maximum Gasteiger partial charge on any atom is 0.0431 e. The minimum absolute atomic E-state index is 0.328. The van der Waals surface area contributed by atoms with Gasteiger partial charge in [-0.3, -0.25) is 0 Å². The van der Waals surface area contributed by atoms with Crippen molar-refractivity contribution in [2.24, 2.45) is 0 Å². The Kier molecular flexibility index (Phi) is 12.0. The van der Waals surface area contributed by atoms with Gasteiger partial charge in [-0.25, -0.2) is 0 Å². The molecule has 0 amide bonds. The van der Waals surface area contributed by atoms with Crippen molar-refractivity contribution < 1.29 is 5.11 Å². The van der Waals surface area contributed by atoms with E-state index >= 15 is 0 Å². The van der Waals surface area contributed by atoms with Crippen LogP contribution in [0.15, 0.2) is 36.5 Å². The van der Waals surface area contributed by atoms with Crippen LogP contribution < -0.4 is 5.32 Å². The summed E-state index contributed by atoms with van der Waals surface area (Å²) in [7, 11) is 0. The minimum Gasteiger partial charge on any atom is -0.396 e. The van der Waals surface area contributed by atoms with Gasteiger partial charge in [0.15, 0.2) is 0 Å². The normalized spacial score (nSPS) is 23.2. The monoisotopic (exact) mass is 305 g/mol. The molecule has 2 unspecified atom stereocenters. The Bertz CT molecular complexity index is 333. The van der Waals surface area contributed by atoms with Crippen molar-refractivity contribution in [2.75, 3.05) is 6.61 Å². The molecule has 2 heteroatoms. The molecule has 0 aliphatic carbocycles. The molecule has 1 aliphatic heterocycles. The summed E-state index contributed by atoms with van der Waals surface area (Å²) >= 11 is 0. The van der Waals surface area contributed by atoms with Crippen LogP contribution in [0.25, 0.3) is 0 Å². The lowest BCUT2D eigenvalue weighted by Gasteiger charge is -2.29. The Morgan fingerprint density at radius 2 is 1.82 bits per heavy atom. The number of rotatable bonds is 11. The van der Waals surface area contributed by atoms with E-state index in [4.69, 9.17) is 5.11 Å². The number of allylic oxidation sites excluding steroid dienone is 5. The third kappa shape index (κ3) is 9.97. The molecule has 1 saturated heterocycles. The van der Waals surface area contributed by atoms with Crippen LogP contribution in [0.2, 0.25) is 0 Å². The molecule has 1 heterocycles. The number of piperidine rings is 1. The van der Waals surface area contributed by atoms with Crippen molar-refractivity contribution in [1.82, 2.24) is 5.32 Å². The smallest absolute Gasteiger partial charge is 0.0431 e. The van der Waals surface area contributed by atoms with Gasteiger partial charge in [-0.2, -0.15) is 0 Å². The first kappa shape index (κ1) is 19.2. The van der Waals surface area contributed by atoms with Crippen LogP contribution in [0.5, 0.6) is 0 Å². The summed E-state index contributed by atoms with van der Waals surface area (Å²) in [5.41, 5.74) is 0. The minimum atomic E-state index is 0.328. The number of nitrogens with one attached hydrogen (secondary N) is 1. The van der Waals surface area contributed by atoms with Gasteiger partial charge in [-0.05, 0) is 51.4 Å². The quantitative estimate of drug-likeness (QED) is 0.323. The molecule has 0 aromatic heterocycles. The zero-order chi connectivity index (χ0) is 15.9. The van der Waals surface area contributed by atoms with Crippen LogP contribution in [0, 0.1) is 0 Å². The van der Waals surface area contributed by atoms with Gasteiger partial charge in [0.25, 0.3) is 0 Å². The Balaban J connectivity index is 2.13. The number of hydrogen-bond donors (Lipinski definition) is 2. The van der Waals surface area contributed by atoms with Crippen molar-refractivity contribution in [3.8, 4) is 0 Å². The van der Waals surface area contributed by atoms with Crippen molar-refractivity contribution >= 4 is 0 Å². The number of aliphatic hydroxyl groups excluding tert-OH is 1. The molecule has 0 aromatic rings. The molecule has 1 fully saturated rings. The third-order valence-electron chi connectivity index (χ3n) is 4.19. The van der Waals surface area contributed by atoms with Crippen LogP contribution in [-0.4, -0.2) is 23.8 Å². The highest BCUT2D eigenvalue weighted by Crippen LogP contribution is 2.17. The van der Waals surface area contributed by atoms with E-state index in [1.165, 1.54) is 38.5 Å². The molecular weight excluding hydrogens is 270 g/mol. The van der Waals surface area contributed by atoms with Crippen LogP contribution in [-0.2, 0) is 0 Å². The molecule has 0 spiro atoms. The number of hydrogen-bond acceptors (Lipinski definition) is 2. The number of aliphatic hydroxyl groups is 1. The first-order valence-electron chi connectivity index (χ1n) is 9.22. The lowest BCUT2D eigenvalue weighted by Crippen LogP contribution is -2.41. The van der Waals surface area contributed by atoms with Crippen LogP contribution in [0.4, 0.5) is 0 Å². The molecule has 126 valence electrons. The van der Waals surface area contributed by atoms with E-state index in [2.05, 4.69) is 48.7 Å². The molecule has 2 N–H and O–H groups in total. The van der Waals surface area contributed by atoms with Gasteiger partial charge in [-0.15, -0.1) is 0 Å². The van der Waals surface area contributed by atoms with Gasteiger partial charge in [0.2, 0.25) is 0 Å². The lowest BCUT2D eigenvalue weighted by molar-refractivity contribution is 0.271. The molecule has 22 heavy (non-hydrogen) atoms. The zero-order valence-electron chi connectivity index (χ0n) is 14.3. The fourth-order valence-corrected chi connectivity index (χ4v) is 2.90. The van der Waals surface area contributed by atoms with Crippen LogP contribution in [0.1, 0.15) is 71.1 Å². The Labute approximate surface area is 137 Å². The molecule has 2 nitrogen and oxygen atoms in total. The second-order valence-electron chi connectivity index (χ2n) is 6.27. The average molecular weight is 306 g/mol. The van der Waals surface area contributed by atoms with Crippen molar-refractivity contribution in [3.05, 3.63) is 36.5 Å². The molecule has 0 aromatic carbocycles. The largest absolute Gasteiger partial charge is 0.396 e. The number of unbranched alkanes of at least 4 members (excludes halogenated alkanes) is 3.